The molecule has 1 N–H and O–H groups in total. The molecule has 1 amide bonds. The van der Waals surface area contributed by atoms with Gasteiger partial charge >= 0.3 is 11.9 Å². The van der Waals surface area contributed by atoms with Crippen molar-refractivity contribution in [3.8, 4) is 17.0 Å². The van der Waals surface area contributed by atoms with E-state index in [0.717, 1.165) is 23.3 Å². The van der Waals surface area contributed by atoms with Crippen molar-refractivity contribution in [3.05, 3.63) is 46.7 Å². The van der Waals surface area contributed by atoms with Gasteiger partial charge in [0, 0.05) is 32.0 Å². The molecule has 11 nitrogen and oxygen atoms in total. The number of esters is 2. The second-order valence-corrected chi connectivity index (χ2v) is 10.3. The maximum Gasteiger partial charge on any atom is 0.309 e. The van der Waals surface area contributed by atoms with Gasteiger partial charge in [0.2, 0.25) is 0 Å². The molecule has 0 aliphatic carbocycles. The van der Waals surface area contributed by atoms with E-state index in [9.17, 15) is 14.4 Å². The molecule has 204 valence electrons. The minimum Gasteiger partial charge on any atom is -0.493 e. The number of thiazole rings is 1. The summed E-state index contributed by atoms with van der Waals surface area (Å²) < 4.78 is 16.0. The molecule has 2 aliphatic rings. The number of carbonyl (C=O) groups is 3. The van der Waals surface area contributed by atoms with Crippen LogP contribution in [0.4, 0.5) is 10.9 Å². The van der Waals surface area contributed by atoms with Crippen LogP contribution in [-0.4, -0.2) is 59.1 Å². The number of aromatic nitrogens is 3. The highest BCUT2D eigenvalue weighted by molar-refractivity contribution is 7.16. The zero-order valence-corrected chi connectivity index (χ0v) is 22.6. The summed E-state index contributed by atoms with van der Waals surface area (Å²) in [7, 11) is 0. The molecule has 2 aliphatic heterocycles. The molecule has 3 aromatic rings. The Balaban J connectivity index is 1.26. The second-order valence-electron chi connectivity index (χ2n) is 9.22. The summed E-state index contributed by atoms with van der Waals surface area (Å²) in [5.74, 6) is 0.406. The zero-order valence-electron chi connectivity index (χ0n) is 21.8. The number of amides is 1. The van der Waals surface area contributed by atoms with Gasteiger partial charge < -0.3 is 19.1 Å². The van der Waals surface area contributed by atoms with E-state index >= 15 is 0 Å². The predicted octanol–water partition coefficient (Wildman–Crippen LogP) is 3.63. The van der Waals surface area contributed by atoms with Crippen LogP contribution in [0.5, 0.6) is 5.75 Å². The van der Waals surface area contributed by atoms with Gasteiger partial charge in [-0.15, -0.1) is 0 Å². The van der Waals surface area contributed by atoms with Crippen LogP contribution in [0.25, 0.3) is 11.3 Å². The normalized spacial score (nSPS) is 14.9. The molecule has 1 saturated heterocycles. The molecule has 0 atom stereocenters. The SMILES string of the molecule is CCOC(=O)C1CCN(c2cnc(C(=O)Nc3nc(-c4ccc5c(c4)CCO5)c(COC(C)=O)s3)cn2)CC1. The van der Waals surface area contributed by atoms with Gasteiger partial charge in [0.1, 0.15) is 23.9 Å². The van der Waals surface area contributed by atoms with Crippen LogP contribution in [0.2, 0.25) is 0 Å². The molecule has 12 heteroatoms. The van der Waals surface area contributed by atoms with Crippen molar-refractivity contribution in [1.29, 1.82) is 0 Å². The van der Waals surface area contributed by atoms with Crippen molar-refractivity contribution in [2.24, 2.45) is 5.92 Å². The minimum atomic E-state index is -0.447. The molecule has 1 aromatic carbocycles. The third-order valence-corrected chi connectivity index (χ3v) is 7.54. The van der Waals surface area contributed by atoms with E-state index in [2.05, 4.69) is 20.3 Å². The van der Waals surface area contributed by atoms with Crippen LogP contribution >= 0.6 is 11.3 Å². The van der Waals surface area contributed by atoms with Gasteiger partial charge in [-0.25, -0.2) is 15.0 Å². The monoisotopic (exact) mass is 551 g/mol. The highest BCUT2D eigenvalue weighted by atomic mass is 32.1. The fraction of sp³-hybridized carbons (Fsp3) is 0.407. The highest BCUT2D eigenvalue weighted by Gasteiger charge is 2.27. The van der Waals surface area contributed by atoms with Crippen LogP contribution in [0.3, 0.4) is 0 Å². The van der Waals surface area contributed by atoms with E-state index in [1.165, 1.54) is 24.5 Å². The van der Waals surface area contributed by atoms with Crippen LogP contribution in [0, 0.1) is 5.92 Å². The molecule has 0 radical (unpaired) electrons. The van der Waals surface area contributed by atoms with Gasteiger partial charge in [0.25, 0.3) is 5.91 Å². The summed E-state index contributed by atoms with van der Waals surface area (Å²) in [5, 5.41) is 3.16. The number of benzene rings is 1. The molecule has 39 heavy (non-hydrogen) atoms. The maximum atomic E-state index is 12.9. The molecule has 0 saturated carbocycles. The fourth-order valence-corrected chi connectivity index (χ4v) is 5.49. The first kappa shape index (κ1) is 26.5. The molecule has 5 rings (SSSR count). The predicted molar refractivity (Wildman–Crippen MR) is 144 cm³/mol. The lowest BCUT2D eigenvalue weighted by Gasteiger charge is -2.31. The number of ether oxygens (including phenoxy) is 3. The van der Waals surface area contributed by atoms with Gasteiger partial charge in [-0.2, -0.15) is 0 Å². The lowest BCUT2D eigenvalue weighted by atomic mass is 9.97. The second kappa shape index (κ2) is 11.8. The van der Waals surface area contributed by atoms with Gasteiger partial charge in [-0.1, -0.05) is 11.3 Å². The quantitative estimate of drug-likeness (QED) is 0.414. The number of nitrogens with zero attached hydrogens (tertiary/aromatic N) is 4. The Morgan fingerprint density at radius 1 is 1.15 bits per heavy atom. The summed E-state index contributed by atoms with van der Waals surface area (Å²) in [4.78, 5) is 52.5. The first-order chi connectivity index (χ1) is 18.9. The third kappa shape index (κ3) is 6.17. The summed E-state index contributed by atoms with van der Waals surface area (Å²) >= 11 is 1.24. The van der Waals surface area contributed by atoms with Crippen molar-refractivity contribution in [2.75, 3.05) is 36.5 Å². The molecule has 1 fully saturated rings. The van der Waals surface area contributed by atoms with E-state index in [0.29, 0.717) is 60.7 Å². The number of nitrogens with one attached hydrogen (secondary N) is 1. The van der Waals surface area contributed by atoms with E-state index in [1.807, 2.05) is 23.1 Å². The van der Waals surface area contributed by atoms with E-state index in [4.69, 9.17) is 14.2 Å². The molecule has 4 heterocycles. The molecular weight excluding hydrogens is 522 g/mol. The summed E-state index contributed by atoms with van der Waals surface area (Å²) in [6, 6.07) is 5.82. The number of hydrogen-bond donors (Lipinski definition) is 1. The first-order valence-electron chi connectivity index (χ1n) is 12.9. The smallest absolute Gasteiger partial charge is 0.309 e. The third-order valence-electron chi connectivity index (χ3n) is 6.60. The van der Waals surface area contributed by atoms with Crippen molar-refractivity contribution in [3.63, 3.8) is 0 Å². The van der Waals surface area contributed by atoms with Crippen LogP contribution in [0.15, 0.2) is 30.6 Å². The van der Waals surface area contributed by atoms with E-state index < -0.39 is 11.9 Å². The Morgan fingerprint density at radius 2 is 1.97 bits per heavy atom. The number of anilines is 2. The van der Waals surface area contributed by atoms with Crippen LogP contribution in [-0.2, 0) is 32.1 Å². The van der Waals surface area contributed by atoms with E-state index in [1.54, 1.807) is 13.1 Å². The zero-order chi connectivity index (χ0) is 27.4. The lowest BCUT2D eigenvalue weighted by molar-refractivity contribution is -0.148. The lowest BCUT2D eigenvalue weighted by Crippen LogP contribution is -2.37. The molecule has 2 aromatic heterocycles. The number of rotatable bonds is 8. The van der Waals surface area contributed by atoms with Crippen LogP contribution in [0.1, 0.15) is 47.6 Å². The molecule has 0 bridgehead atoms. The van der Waals surface area contributed by atoms with E-state index in [-0.39, 0.29) is 24.2 Å². The maximum absolute atomic E-state index is 12.9. The van der Waals surface area contributed by atoms with Crippen LogP contribution < -0.4 is 15.0 Å². The number of piperidine rings is 1. The topological polar surface area (TPSA) is 133 Å². The number of carbonyl (C=O) groups excluding carboxylic acids is 3. The van der Waals surface area contributed by atoms with Gasteiger partial charge in [0.15, 0.2) is 5.13 Å². The van der Waals surface area contributed by atoms with Gasteiger partial charge in [0.05, 0.1) is 42.1 Å². The molecular formula is C27H29N5O6S. The largest absolute Gasteiger partial charge is 0.493 e. The number of hydrogen-bond acceptors (Lipinski definition) is 11. The Morgan fingerprint density at radius 3 is 2.69 bits per heavy atom. The standard InChI is InChI=1S/C27H29N5O6S/c1-3-36-26(35)17-6-9-32(10-7-17)23-14-28-20(13-29-23)25(34)31-27-30-24(22(39-27)15-38-16(2)33)19-4-5-21-18(12-19)8-11-37-21/h4-5,12-14,17H,3,6-11,15H2,1-2H3,(H,30,31,34). The van der Waals surface area contributed by atoms with Gasteiger partial charge in [-0.3, -0.25) is 19.7 Å². The van der Waals surface area contributed by atoms with Crippen molar-refractivity contribution in [2.45, 2.75) is 39.7 Å². The van der Waals surface area contributed by atoms with Crippen molar-refractivity contribution >= 4 is 40.1 Å². The summed E-state index contributed by atoms with van der Waals surface area (Å²) in [5.41, 5.74) is 2.73. The average Bonchev–Trinajstić information content (AvgIpc) is 3.58. The Kier molecular flexibility index (Phi) is 8.01. The van der Waals surface area contributed by atoms with Crippen molar-refractivity contribution < 1.29 is 28.6 Å². The summed E-state index contributed by atoms with van der Waals surface area (Å²) in [6.45, 7) is 5.54. The Labute approximate surface area is 229 Å². The fourth-order valence-electron chi connectivity index (χ4n) is 4.60. The Bertz CT molecular complexity index is 1370. The minimum absolute atomic E-state index is 0.0488. The molecule has 0 spiro atoms. The highest BCUT2D eigenvalue weighted by Crippen LogP contribution is 2.36. The van der Waals surface area contributed by atoms with Crippen molar-refractivity contribution in [1.82, 2.24) is 15.0 Å². The number of fused-ring (bicyclic) bond motifs is 1. The summed E-state index contributed by atoms with van der Waals surface area (Å²) in [6.07, 6.45) is 5.17. The first-order valence-corrected chi connectivity index (χ1v) is 13.7. The molecule has 0 unspecified atom stereocenters. The Hall–Kier alpha value is -4.06. The average molecular weight is 552 g/mol. The van der Waals surface area contributed by atoms with Gasteiger partial charge in [-0.05, 0) is 43.5 Å².